The highest BCUT2D eigenvalue weighted by atomic mass is 15.3. The fourth-order valence-corrected chi connectivity index (χ4v) is 1.77. The number of hydrogen-bond acceptors (Lipinski definition) is 3. The Balaban J connectivity index is 2.27. The van der Waals surface area contributed by atoms with Gasteiger partial charge in [-0.3, -0.25) is 4.90 Å². The van der Waals surface area contributed by atoms with Crippen LogP contribution in [0.15, 0.2) is 0 Å². The Kier molecular flexibility index (Phi) is 4.20. The number of hydrogen-bond donors (Lipinski definition) is 0. The van der Waals surface area contributed by atoms with E-state index >= 15 is 0 Å². The molecule has 1 aliphatic rings. The van der Waals surface area contributed by atoms with E-state index in [4.69, 9.17) is 5.26 Å². The lowest BCUT2D eigenvalue weighted by Gasteiger charge is -2.35. The SMILES string of the molecule is CCCN1CCN(C(C)C#N)CC1. The molecule has 0 amide bonds. The van der Waals surface area contributed by atoms with Gasteiger partial charge in [0.2, 0.25) is 0 Å². The maximum atomic E-state index is 8.75. The van der Waals surface area contributed by atoms with Crippen LogP contribution in [0.2, 0.25) is 0 Å². The first-order valence-electron chi connectivity index (χ1n) is 5.14. The van der Waals surface area contributed by atoms with E-state index in [1.807, 2.05) is 6.92 Å². The van der Waals surface area contributed by atoms with Gasteiger partial charge in [0.25, 0.3) is 0 Å². The molecule has 13 heavy (non-hydrogen) atoms. The smallest absolute Gasteiger partial charge is 0.0950 e. The lowest BCUT2D eigenvalue weighted by atomic mass is 10.2. The third-order valence-electron chi connectivity index (χ3n) is 2.68. The zero-order valence-electron chi connectivity index (χ0n) is 8.66. The van der Waals surface area contributed by atoms with Crippen molar-refractivity contribution in [3.05, 3.63) is 0 Å². The van der Waals surface area contributed by atoms with Crippen molar-refractivity contribution in [2.45, 2.75) is 26.3 Å². The zero-order valence-corrected chi connectivity index (χ0v) is 8.66. The van der Waals surface area contributed by atoms with E-state index in [-0.39, 0.29) is 6.04 Å². The van der Waals surface area contributed by atoms with Crippen LogP contribution in [0, 0.1) is 11.3 Å². The highest BCUT2D eigenvalue weighted by Crippen LogP contribution is 2.05. The van der Waals surface area contributed by atoms with Crippen molar-refractivity contribution in [2.24, 2.45) is 0 Å². The average Bonchev–Trinajstić information content (AvgIpc) is 2.18. The molecule has 3 heteroatoms. The molecule has 0 aromatic heterocycles. The number of nitriles is 1. The van der Waals surface area contributed by atoms with Gasteiger partial charge in [-0.25, -0.2) is 0 Å². The summed E-state index contributed by atoms with van der Waals surface area (Å²) in [5.41, 5.74) is 0. The summed E-state index contributed by atoms with van der Waals surface area (Å²) < 4.78 is 0. The minimum absolute atomic E-state index is 0.0868. The molecule has 0 spiro atoms. The van der Waals surface area contributed by atoms with Crippen molar-refractivity contribution in [3.8, 4) is 6.07 Å². The van der Waals surface area contributed by atoms with Gasteiger partial charge in [-0.1, -0.05) is 6.92 Å². The number of rotatable bonds is 3. The Labute approximate surface area is 80.9 Å². The summed E-state index contributed by atoms with van der Waals surface area (Å²) in [5.74, 6) is 0. The molecule has 0 aliphatic carbocycles. The fourth-order valence-electron chi connectivity index (χ4n) is 1.77. The largest absolute Gasteiger partial charge is 0.301 e. The van der Waals surface area contributed by atoms with Gasteiger partial charge in [0.05, 0.1) is 12.1 Å². The van der Waals surface area contributed by atoms with Crippen molar-refractivity contribution < 1.29 is 0 Å². The molecule has 74 valence electrons. The van der Waals surface area contributed by atoms with Crippen LogP contribution in [-0.4, -0.2) is 48.6 Å². The molecule has 0 N–H and O–H groups in total. The normalized spacial score (nSPS) is 22.5. The van der Waals surface area contributed by atoms with Crippen molar-refractivity contribution in [1.82, 2.24) is 9.80 Å². The maximum Gasteiger partial charge on any atom is 0.0950 e. The van der Waals surface area contributed by atoms with E-state index in [1.165, 1.54) is 13.0 Å². The summed E-state index contributed by atoms with van der Waals surface area (Å²) in [6.07, 6.45) is 1.23. The van der Waals surface area contributed by atoms with Crippen molar-refractivity contribution in [2.75, 3.05) is 32.7 Å². The first-order valence-corrected chi connectivity index (χ1v) is 5.14. The molecule has 0 saturated carbocycles. The van der Waals surface area contributed by atoms with E-state index in [0.717, 1.165) is 26.2 Å². The van der Waals surface area contributed by atoms with Crippen LogP contribution >= 0.6 is 0 Å². The molecule has 0 aromatic carbocycles. The van der Waals surface area contributed by atoms with Crippen LogP contribution in [0.3, 0.4) is 0 Å². The predicted molar refractivity (Wildman–Crippen MR) is 53.4 cm³/mol. The van der Waals surface area contributed by atoms with Gasteiger partial charge in [-0.2, -0.15) is 5.26 Å². The Morgan fingerprint density at radius 2 is 1.92 bits per heavy atom. The minimum Gasteiger partial charge on any atom is -0.301 e. The Morgan fingerprint density at radius 3 is 2.38 bits per heavy atom. The van der Waals surface area contributed by atoms with Crippen LogP contribution in [0.25, 0.3) is 0 Å². The van der Waals surface area contributed by atoms with Gasteiger partial charge in [-0.05, 0) is 19.9 Å². The molecule has 1 rings (SSSR count). The van der Waals surface area contributed by atoms with Crippen LogP contribution in [0.5, 0.6) is 0 Å². The molecule has 1 saturated heterocycles. The first kappa shape index (κ1) is 10.5. The van der Waals surface area contributed by atoms with Crippen LogP contribution in [0.1, 0.15) is 20.3 Å². The summed E-state index contributed by atoms with van der Waals surface area (Å²) in [6.45, 7) is 9.75. The van der Waals surface area contributed by atoms with Gasteiger partial charge >= 0.3 is 0 Å². The molecule has 0 bridgehead atoms. The molecule has 3 nitrogen and oxygen atoms in total. The maximum absolute atomic E-state index is 8.75. The number of piperazine rings is 1. The molecule has 1 fully saturated rings. The molecule has 1 aliphatic heterocycles. The van der Waals surface area contributed by atoms with Gasteiger partial charge in [0, 0.05) is 26.2 Å². The first-order chi connectivity index (χ1) is 6.27. The second-order valence-electron chi connectivity index (χ2n) is 3.68. The summed E-state index contributed by atoms with van der Waals surface area (Å²) >= 11 is 0. The van der Waals surface area contributed by atoms with Gasteiger partial charge < -0.3 is 4.90 Å². The van der Waals surface area contributed by atoms with E-state index in [1.54, 1.807) is 0 Å². The van der Waals surface area contributed by atoms with E-state index in [9.17, 15) is 0 Å². The fraction of sp³-hybridized carbons (Fsp3) is 0.900. The van der Waals surface area contributed by atoms with Crippen molar-refractivity contribution >= 4 is 0 Å². The molecule has 0 aromatic rings. The van der Waals surface area contributed by atoms with E-state index < -0.39 is 0 Å². The standard InChI is InChI=1S/C10H19N3/c1-3-4-12-5-7-13(8-6-12)10(2)9-11/h10H,3-8H2,1-2H3. The molecule has 0 radical (unpaired) electrons. The van der Waals surface area contributed by atoms with Crippen LogP contribution < -0.4 is 0 Å². The van der Waals surface area contributed by atoms with Crippen LogP contribution in [0.4, 0.5) is 0 Å². The molecular weight excluding hydrogens is 162 g/mol. The van der Waals surface area contributed by atoms with Gasteiger partial charge in [0.1, 0.15) is 0 Å². The van der Waals surface area contributed by atoms with Gasteiger partial charge in [0.15, 0.2) is 0 Å². The monoisotopic (exact) mass is 181 g/mol. The third kappa shape index (κ3) is 2.98. The topological polar surface area (TPSA) is 30.3 Å². The van der Waals surface area contributed by atoms with Crippen molar-refractivity contribution in [3.63, 3.8) is 0 Å². The molecule has 1 atom stereocenters. The van der Waals surface area contributed by atoms with E-state index in [0.29, 0.717) is 0 Å². The summed E-state index contributed by atoms with van der Waals surface area (Å²) in [6, 6.07) is 2.38. The summed E-state index contributed by atoms with van der Waals surface area (Å²) in [5, 5.41) is 8.75. The van der Waals surface area contributed by atoms with E-state index in [2.05, 4.69) is 22.8 Å². The highest BCUT2D eigenvalue weighted by molar-refractivity contribution is 4.90. The predicted octanol–water partition coefficient (Wildman–Crippen LogP) is 0.926. The Hall–Kier alpha value is -0.590. The summed E-state index contributed by atoms with van der Waals surface area (Å²) in [4.78, 5) is 4.73. The third-order valence-corrected chi connectivity index (χ3v) is 2.68. The van der Waals surface area contributed by atoms with Crippen LogP contribution in [-0.2, 0) is 0 Å². The second-order valence-corrected chi connectivity index (χ2v) is 3.68. The summed E-state index contributed by atoms with van der Waals surface area (Å²) in [7, 11) is 0. The Bertz CT molecular complexity index is 177. The molecule has 1 unspecified atom stereocenters. The average molecular weight is 181 g/mol. The lowest BCUT2D eigenvalue weighted by molar-refractivity contribution is 0.119. The van der Waals surface area contributed by atoms with Crippen molar-refractivity contribution in [1.29, 1.82) is 5.26 Å². The van der Waals surface area contributed by atoms with Gasteiger partial charge in [-0.15, -0.1) is 0 Å². The second kappa shape index (κ2) is 5.21. The quantitative estimate of drug-likeness (QED) is 0.649. The highest BCUT2D eigenvalue weighted by Gasteiger charge is 2.19. The molecule has 1 heterocycles. The number of nitrogens with zero attached hydrogens (tertiary/aromatic N) is 3. The Morgan fingerprint density at radius 1 is 1.31 bits per heavy atom. The zero-order chi connectivity index (χ0) is 9.68. The molecular formula is C10H19N3. The minimum atomic E-state index is 0.0868. The lowest BCUT2D eigenvalue weighted by Crippen LogP contribution is -2.49.